The molecule has 2 heterocycles. The zero-order valence-electron chi connectivity index (χ0n) is 12.6. The number of halogens is 1. The average molecular weight is 310 g/mol. The first-order valence-electron chi connectivity index (χ1n) is 7.84. The Kier molecular flexibility index (Phi) is 4.55. The second kappa shape index (κ2) is 6.25. The van der Waals surface area contributed by atoms with Crippen molar-refractivity contribution >= 4 is 11.6 Å². The van der Waals surface area contributed by atoms with Crippen LogP contribution in [0.4, 0.5) is 0 Å². The van der Waals surface area contributed by atoms with Crippen LogP contribution in [0.25, 0.3) is 0 Å². The molecule has 0 radical (unpaired) electrons. The van der Waals surface area contributed by atoms with Gasteiger partial charge in [-0.15, -0.1) is 0 Å². The highest BCUT2D eigenvalue weighted by atomic mass is 35.5. The van der Waals surface area contributed by atoms with Gasteiger partial charge >= 0.3 is 0 Å². The monoisotopic (exact) mass is 309 g/mol. The van der Waals surface area contributed by atoms with Crippen LogP contribution in [0.15, 0.2) is 18.2 Å². The van der Waals surface area contributed by atoms with Crippen LogP contribution in [0.5, 0.6) is 0 Å². The summed E-state index contributed by atoms with van der Waals surface area (Å²) in [5, 5.41) is 0.817. The topological polar surface area (TPSA) is 44.5 Å². The molecular weight excluding hydrogens is 286 g/mol. The molecule has 1 aromatic carbocycles. The van der Waals surface area contributed by atoms with E-state index in [1.165, 1.54) is 0 Å². The van der Waals surface area contributed by atoms with Crippen molar-refractivity contribution in [3.8, 4) is 0 Å². The van der Waals surface area contributed by atoms with Gasteiger partial charge in [0, 0.05) is 30.9 Å². The fourth-order valence-electron chi connectivity index (χ4n) is 3.65. The maximum atomic E-state index is 6.56. The summed E-state index contributed by atoms with van der Waals surface area (Å²) < 4.78 is 11.6. The number of rotatable bonds is 2. The van der Waals surface area contributed by atoms with Crippen LogP contribution in [-0.4, -0.2) is 25.4 Å². The lowest BCUT2D eigenvalue weighted by atomic mass is 9.76. The van der Waals surface area contributed by atoms with Crippen molar-refractivity contribution in [2.24, 2.45) is 11.7 Å². The molecule has 2 saturated heterocycles. The molecule has 1 aromatic rings. The van der Waals surface area contributed by atoms with Crippen LogP contribution in [0.3, 0.4) is 0 Å². The van der Waals surface area contributed by atoms with Gasteiger partial charge in [-0.2, -0.15) is 0 Å². The average Bonchev–Trinajstić information content (AvgIpc) is 2.50. The third-order valence-corrected chi connectivity index (χ3v) is 5.54. The highest BCUT2D eigenvalue weighted by Crippen LogP contribution is 2.42. The van der Waals surface area contributed by atoms with Crippen molar-refractivity contribution in [3.05, 3.63) is 34.3 Å². The van der Waals surface area contributed by atoms with Gasteiger partial charge in [0.25, 0.3) is 0 Å². The van der Waals surface area contributed by atoms with Gasteiger partial charge in [0.2, 0.25) is 0 Å². The molecule has 21 heavy (non-hydrogen) atoms. The molecule has 3 rings (SSSR count). The molecule has 3 nitrogen and oxygen atoms in total. The minimum atomic E-state index is -0.0188. The van der Waals surface area contributed by atoms with Crippen molar-refractivity contribution < 1.29 is 9.47 Å². The summed E-state index contributed by atoms with van der Waals surface area (Å²) in [5.41, 5.74) is 8.71. The molecule has 2 N–H and O–H groups in total. The largest absolute Gasteiger partial charge is 0.381 e. The smallest absolute Gasteiger partial charge is 0.0729 e. The van der Waals surface area contributed by atoms with E-state index in [4.69, 9.17) is 26.8 Å². The number of nitrogens with two attached hydrogens (primary N) is 1. The lowest BCUT2D eigenvalue weighted by molar-refractivity contribution is -0.149. The van der Waals surface area contributed by atoms with E-state index in [0.29, 0.717) is 5.92 Å². The summed E-state index contributed by atoms with van der Waals surface area (Å²) in [6.07, 6.45) is 3.99. The van der Waals surface area contributed by atoms with Gasteiger partial charge in [-0.05, 0) is 49.7 Å². The van der Waals surface area contributed by atoms with Gasteiger partial charge in [-0.25, -0.2) is 0 Å². The zero-order valence-corrected chi connectivity index (χ0v) is 13.4. The van der Waals surface area contributed by atoms with E-state index in [-0.39, 0.29) is 11.6 Å². The first-order valence-corrected chi connectivity index (χ1v) is 8.21. The second-order valence-electron chi connectivity index (χ2n) is 6.40. The van der Waals surface area contributed by atoms with Crippen LogP contribution in [0, 0.1) is 12.8 Å². The maximum absolute atomic E-state index is 6.56. The number of benzene rings is 1. The van der Waals surface area contributed by atoms with Crippen LogP contribution < -0.4 is 5.73 Å². The Labute approximate surface area is 131 Å². The number of hydrogen-bond donors (Lipinski definition) is 1. The molecule has 2 aliphatic heterocycles. The molecule has 0 aliphatic carbocycles. The molecule has 1 spiro atoms. The van der Waals surface area contributed by atoms with E-state index < -0.39 is 0 Å². The molecule has 2 unspecified atom stereocenters. The fourth-order valence-corrected chi connectivity index (χ4v) is 3.90. The summed E-state index contributed by atoms with van der Waals surface area (Å²) >= 11 is 6.45. The van der Waals surface area contributed by atoms with Crippen molar-refractivity contribution in [1.82, 2.24) is 0 Å². The van der Waals surface area contributed by atoms with E-state index in [0.717, 1.165) is 61.7 Å². The Bertz CT molecular complexity index is 494. The van der Waals surface area contributed by atoms with Crippen LogP contribution in [0.2, 0.25) is 5.02 Å². The molecule has 2 fully saturated rings. The molecule has 2 aliphatic rings. The fraction of sp³-hybridized carbons (Fsp3) is 0.647. The Balaban J connectivity index is 1.78. The first-order chi connectivity index (χ1) is 10.1. The molecule has 0 bridgehead atoms. The first kappa shape index (κ1) is 15.3. The number of hydrogen-bond acceptors (Lipinski definition) is 3. The molecule has 4 heteroatoms. The maximum Gasteiger partial charge on any atom is 0.0729 e. The van der Waals surface area contributed by atoms with Gasteiger partial charge in [-0.1, -0.05) is 29.8 Å². The van der Waals surface area contributed by atoms with E-state index in [1.54, 1.807) is 0 Å². The summed E-state index contributed by atoms with van der Waals surface area (Å²) in [4.78, 5) is 0. The van der Waals surface area contributed by atoms with E-state index in [2.05, 4.69) is 6.07 Å². The molecule has 116 valence electrons. The number of ether oxygens (including phenoxy) is 2. The van der Waals surface area contributed by atoms with Crippen molar-refractivity contribution in [1.29, 1.82) is 0 Å². The SMILES string of the molecule is Cc1cccc(C(N)C2CCOC3(CCOCC3)C2)c1Cl. The zero-order chi connectivity index (χ0) is 14.9. The summed E-state index contributed by atoms with van der Waals surface area (Å²) in [7, 11) is 0. The third-order valence-electron chi connectivity index (χ3n) is 5.02. The molecule has 0 saturated carbocycles. The molecular formula is C17H24ClNO2. The highest BCUT2D eigenvalue weighted by Gasteiger charge is 2.41. The van der Waals surface area contributed by atoms with Gasteiger partial charge in [0.05, 0.1) is 5.60 Å². The van der Waals surface area contributed by atoms with Crippen LogP contribution >= 0.6 is 11.6 Å². The predicted octanol–water partition coefficient (Wildman–Crippen LogP) is 3.62. The van der Waals surface area contributed by atoms with Gasteiger partial charge in [0.15, 0.2) is 0 Å². The quantitative estimate of drug-likeness (QED) is 0.907. The normalized spacial score (nSPS) is 26.7. The molecule has 2 atom stereocenters. The summed E-state index contributed by atoms with van der Waals surface area (Å²) in [6, 6.07) is 6.12. The summed E-state index contributed by atoms with van der Waals surface area (Å²) in [5.74, 6) is 0.427. The van der Waals surface area contributed by atoms with Crippen molar-refractivity contribution in [2.75, 3.05) is 19.8 Å². The second-order valence-corrected chi connectivity index (χ2v) is 6.78. The van der Waals surface area contributed by atoms with Crippen LogP contribution in [0.1, 0.15) is 42.9 Å². The Morgan fingerprint density at radius 1 is 1.29 bits per heavy atom. The van der Waals surface area contributed by atoms with E-state index >= 15 is 0 Å². The standard InChI is InChI=1S/C17H24ClNO2/c1-12-3-2-4-14(15(12)18)16(19)13-5-8-21-17(11-13)6-9-20-10-7-17/h2-4,13,16H,5-11,19H2,1H3. The Hall–Kier alpha value is -0.610. The Morgan fingerprint density at radius 3 is 2.81 bits per heavy atom. The minimum Gasteiger partial charge on any atom is -0.381 e. The van der Waals surface area contributed by atoms with Gasteiger partial charge in [-0.3, -0.25) is 0 Å². The summed E-state index contributed by atoms with van der Waals surface area (Å²) in [6.45, 7) is 4.42. The highest BCUT2D eigenvalue weighted by molar-refractivity contribution is 6.32. The predicted molar refractivity (Wildman–Crippen MR) is 84.6 cm³/mol. The van der Waals surface area contributed by atoms with Crippen LogP contribution in [-0.2, 0) is 9.47 Å². The van der Waals surface area contributed by atoms with E-state index in [9.17, 15) is 0 Å². The third kappa shape index (κ3) is 3.11. The van der Waals surface area contributed by atoms with Crippen molar-refractivity contribution in [3.63, 3.8) is 0 Å². The Morgan fingerprint density at radius 2 is 2.05 bits per heavy atom. The lowest BCUT2D eigenvalue weighted by Gasteiger charge is -2.45. The molecule has 0 aromatic heterocycles. The number of aryl methyl sites for hydroxylation is 1. The minimum absolute atomic E-state index is 0.0129. The van der Waals surface area contributed by atoms with E-state index in [1.807, 2.05) is 19.1 Å². The van der Waals surface area contributed by atoms with Crippen molar-refractivity contribution in [2.45, 2.75) is 44.2 Å². The van der Waals surface area contributed by atoms with Gasteiger partial charge in [0.1, 0.15) is 0 Å². The molecule has 0 amide bonds. The van der Waals surface area contributed by atoms with Gasteiger partial charge < -0.3 is 15.2 Å². The lowest BCUT2D eigenvalue weighted by Crippen LogP contribution is -2.46.